The SMILES string of the molecule is C=C(C(=O)O)c1ccc(-c2cccc3c4ccccc4c4ccccc4c23)c2ccccc12. The van der Waals surface area contributed by atoms with Crippen molar-refractivity contribution in [2.75, 3.05) is 0 Å². The summed E-state index contributed by atoms with van der Waals surface area (Å²) in [4.78, 5) is 11.6. The normalized spacial score (nSPS) is 11.4. The molecular formula is C31H20O2. The maximum absolute atomic E-state index is 11.6. The van der Waals surface area contributed by atoms with Crippen molar-refractivity contribution in [2.24, 2.45) is 0 Å². The summed E-state index contributed by atoms with van der Waals surface area (Å²) in [7, 11) is 0. The zero-order chi connectivity index (χ0) is 22.5. The van der Waals surface area contributed by atoms with Gasteiger partial charge < -0.3 is 5.11 Å². The Balaban J connectivity index is 1.78. The van der Waals surface area contributed by atoms with E-state index in [1.807, 2.05) is 30.3 Å². The minimum atomic E-state index is -1.00. The minimum Gasteiger partial charge on any atom is -0.478 e. The van der Waals surface area contributed by atoms with Crippen molar-refractivity contribution in [2.45, 2.75) is 0 Å². The van der Waals surface area contributed by atoms with Gasteiger partial charge in [-0.05, 0) is 59.8 Å². The van der Waals surface area contributed by atoms with Crippen molar-refractivity contribution >= 4 is 54.6 Å². The maximum Gasteiger partial charge on any atom is 0.335 e. The van der Waals surface area contributed by atoms with E-state index in [0.717, 1.165) is 21.9 Å². The van der Waals surface area contributed by atoms with Gasteiger partial charge in [-0.2, -0.15) is 0 Å². The molecule has 0 atom stereocenters. The van der Waals surface area contributed by atoms with Crippen LogP contribution in [0, 0.1) is 0 Å². The van der Waals surface area contributed by atoms with Gasteiger partial charge in [0.05, 0.1) is 5.57 Å². The van der Waals surface area contributed by atoms with Crippen LogP contribution in [-0.4, -0.2) is 11.1 Å². The quantitative estimate of drug-likeness (QED) is 0.230. The Labute approximate surface area is 191 Å². The Morgan fingerprint density at radius 3 is 1.61 bits per heavy atom. The van der Waals surface area contributed by atoms with Gasteiger partial charge >= 0.3 is 5.97 Å². The fourth-order valence-corrected chi connectivity index (χ4v) is 5.09. The Hall–Kier alpha value is -4.43. The van der Waals surface area contributed by atoms with Crippen molar-refractivity contribution in [3.63, 3.8) is 0 Å². The zero-order valence-electron chi connectivity index (χ0n) is 17.9. The van der Waals surface area contributed by atoms with Gasteiger partial charge in [-0.1, -0.05) is 110 Å². The highest BCUT2D eigenvalue weighted by Gasteiger charge is 2.17. The minimum absolute atomic E-state index is 0.104. The molecule has 0 bridgehead atoms. The van der Waals surface area contributed by atoms with Crippen molar-refractivity contribution in [3.8, 4) is 11.1 Å². The van der Waals surface area contributed by atoms with Crippen LogP contribution in [0.15, 0.2) is 110 Å². The fourth-order valence-electron chi connectivity index (χ4n) is 5.09. The second kappa shape index (κ2) is 7.32. The summed E-state index contributed by atoms with van der Waals surface area (Å²) in [5.41, 5.74) is 2.97. The molecule has 0 fully saturated rings. The van der Waals surface area contributed by atoms with E-state index in [1.54, 1.807) is 0 Å². The van der Waals surface area contributed by atoms with Crippen LogP contribution in [0.4, 0.5) is 0 Å². The first-order chi connectivity index (χ1) is 16.1. The van der Waals surface area contributed by atoms with Crippen LogP contribution >= 0.6 is 0 Å². The number of carboxylic acid groups (broad SMARTS) is 1. The summed E-state index contributed by atoms with van der Waals surface area (Å²) in [6, 6.07) is 35.5. The second-order valence-corrected chi connectivity index (χ2v) is 8.31. The third-order valence-electron chi connectivity index (χ3n) is 6.57. The largest absolute Gasteiger partial charge is 0.478 e. The Morgan fingerprint density at radius 2 is 1.00 bits per heavy atom. The highest BCUT2D eigenvalue weighted by molar-refractivity contribution is 6.29. The lowest BCUT2D eigenvalue weighted by molar-refractivity contribution is -0.130. The lowest BCUT2D eigenvalue weighted by atomic mass is 9.87. The number of fused-ring (bicyclic) bond motifs is 7. The summed E-state index contributed by atoms with van der Waals surface area (Å²) in [6.45, 7) is 3.80. The lowest BCUT2D eigenvalue weighted by Gasteiger charge is -2.16. The van der Waals surface area contributed by atoms with Crippen molar-refractivity contribution in [1.29, 1.82) is 0 Å². The van der Waals surface area contributed by atoms with E-state index in [9.17, 15) is 9.90 Å². The van der Waals surface area contributed by atoms with Crippen LogP contribution in [0.3, 0.4) is 0 Å². The number of aliphatic carboxylic acids is 1. The van der Waals surface area contributed by atoms with Gasteiger partial charge in [0, 0.05) is 0 Å². The Kier molecular flexibility index (Phi) is 4.27. The summed E-state index contributed by atoms with van der Waals surface area (Å²) >= 11 is 0. The van der Waals surface area contributed by atoms with E-state index in [2.05, 4.69) is 79.4 Å². The van der Waals surface area contributed by atoms with Gasteiger partial charge in [0.15, 0.2) is 0 Å². The van der Waals surface area contributed by atoms with Crippen LogP contribution < -0.4 is 0 Å². The van der Waals surface area contributed by atoms with E-state index in [4.69, 9.17) is 0 Å². The van der Waals surface area contributed by atoms with E-state index in [0.29, 0.717) is 5.56 Å². The zero-order valence-corrected chi connectivity index (χ0v) is 17.9. The molecule has 6 aromatic carbocycles. The van der Waals surface area contributed by atoms with E-state index in [-0.39, 0.29) is 5.57 Å². The molecular weight excluding hydrogens is 404 g/mol. The Morgan fingerprint density at radius 1 is 0.515 bits per heavy atom. The maximum atomic E-state index is 11.6. The molecule has 0 aliphatic heterocycles. The Bertz CT molecular complexity index is 1710. The molecule has 6 aromatic rings. The van der Waals surface area contributed by atoms with Crippen molar-refractivity contribution < 1.29 is 9.90 Å². The van der Waals surface area contributed by atoms with Crippen LogP contribution in [-0.2, 0) is 4.79 Å². The molecule has 0 amide bonds. The first-order valence-corrected chi connectivity index (χ1v) is 10.9. The predicted molar refractivity (Wildman–Crippen MR) is 139 cm³/mol. The smallest absolute Gasteiger partial charge is 0.335 e. The lowest BCUT2D eigenvalue weighted by Crippen LogP contribution is -1.99. The highest BCUT2D eigenvalue weighted by Crippen LogP contribution is 2.42. The highest BCUT2D eigenvalue weighted by atomic mass is 16.4. The topological polar surface area (TPSA) is 37.3 Å². The average molecular weight is 424 g/mol. The third kappa shape index (κ3) is 2.85. The third-order valence-corrected chi connectivity index (χ3v) is 6.57. The number of benzene rings is 6. The molecule has 0 spiro atoms. The van der Waals surface area contributed by atoms with Crippen LogP contribution in [0.5, 0.6) is 0 Å². The molecule has 6 rings (SSSR count). The molecule has 0 saturated heterocycles. The van der Waals surface area contributed by atoms with E-state index in [1.165, 1.54) is 32.3 Å². The van der Waals surface area contributed by atoms with E-state index >= 15 is 0 Å². The fraction of sp³-hybridized carbons (Fsp3) is 0. The van der Waals surface area contributed by atoms with E-state index < -0.39 is 5.97 Å². The number of rotatable bonds is 3. The number of carboxylic acids is 1. The summed E-state index contributed by atoms with van der Waals surface area (Å²) < 4.78 is 0. The van der Waals surface area contributed by atoms with Gasteiger partial charge in [0.1, 0.15) is 0 Å². The summed E-state index contributed by atoms with van der Waals surface area (Å²) in [5, 5.41) is 18.8. The van der Waals surface area contributed by atoms with Crippen molar-refractivity contribution in [1.82, 2.24) is 0 Å². The number of hydrogen-bond acceptors (Lipinski definition) is 1. The van der Waals surface area contributed by atoms with Crippen LogP contribution in [0.25, 0.3) is 59.8 Å². The molecule has 0 aromatic heterocycles. The molecule has 156 valence electrons. The van der Waals surface area contributed by atoms with Crippen molar-refractivity contribution in [3.05, 3.63) is 115 Å². The molecule has 0 heterocycles. The standard InChI is InChI=1S/C31H20O2/c1-19(31(32)33)20-17-18-26(22-10-3-2-9-21(20)22)29-16-8-15-28-25-12-5-4-11-23(25)24-13-6-7-14-27(24)30(28)29/h2-18H,1H2,(H,32,33). The molecule has 2 nitrogen and oxygen atoms in total. The van der Waals surface area contributed by atoms with Gasteiger partial charge in [-0.3, -0.25) is 0 Å². The second-order valence-electron chi connectivity index (χ2n) is 8.31. The molecule has 0 radical (unpaired) electrons. The van der Waals surface area contributed by atoms with Gasteiger partial charge in [0.25, 0.3) is 0 Å². The number of carbonyl (C=O) groups is 1. The first-order valence-electron chi connectivity index (χ1n) is 10.9. The predicted octanol–water partition coefficient (Wildman–Crippen LogP) is 8.06. The number of hydrogen-bond donors (Lipinski definition) is 1. The van der Waals surface area contributed by atoms with Gasteiger partial charge in [-0.15, -0.1) is 0 Å². The molecule has 2 heteroatoms. The van der Waals surface area contributed by atoms with Crippen LogP contribution in [0.2, 0.25) is 0 Å². The summed E-state index contributed by atoms with van der Waals surface area (Å²) in [6.07, 6.45) is 0. The van der Waals surface area contributed by atoms with Gasteiger partial charge in [0.2, 0.25) is 0 Å². The van der Waals surface area contributed by atoms with Crippen LogP contribution in [0.1, 0.15) is 5.56 Å². The van der Waals surface area contributed by atoms with Gasteiger partial charge in [-0.25, -0.2) is 4.79 Å². The molecule has 0 aliphatic rings. The molecule has 1 N–H and O–H groups in total. The molecule has 33 heavy (non-hydrogen) atoms. The summed E-state index contributed by atoms with van der Waals surface area (Å²) in [5.74, 6) is -1.00. The monoisotopic (exact) mass is 424 g/mol. The first kappa shape index (κ1) is 19.3. The molecule has 0 saturated carbocycles. The molecule has 0 unspecified atom stereocenters. The molecule has 0 aliphatic carbocycles. The average Bonchev–Trinajstić information content (AvgIpc) is 2.87.